The monoisotopic (exact) mass is 362 g/mol. The van der Waals surface area contributed by atoms with Crippen molar-refractivity contribution in [2.45, 2.75) is 47.5 Å². The molecule has 0 saturated carbocycles. The summed E-state index contributed by atoms with van der Waals surface area (Å²) in [6, 6.07) is 0. The summed E-state index contributed by atoms with van der Waals surface area (Å²) < 4.78 is 0. The van der Waals surface area contributed by atoms with Crippen molar-refractivity contribution in [3.05, 3.63) is 38.0 Å². The van der Waals surface area contributed by atoms with Gasteiger partial charge in [0.1, 0.15) is 0 Å². The van der Waals surface area contributed by atoms with Gasteiger partial charge in [-0.05, 0) is 11.8 Å². The Morgan fingerprint density at radius 2 is 0.920 bits per heavy atom. The summed E-state index contributed by atoms with van der Waals surface area (Å²) in [5, 5.41) is 30.7. The van der Waals surface area contributed by atoms with Gasteiger partial charge in [0.25, 0.3) is 0 Å². The smallest absolute Gasteiger partial charge is 0.327 e. The van der Waals surface area contributed by atoms with E-state index >= 15 is 0 Å². The Kier molecular flexibility index (Phi) is 36.1. The van der Waals surface area contributed by atoms with E-state index in [0.29, 0.717) is 12.0 Å². The van der Waals surface area contributed by atoms with Gasteiger partial charge < -0.3 is 20.4 Å². The van der Waals surface area contributed by atoms with E-state index in [1.165, 1.54) is 6.42 Å². The number of aliphatic hydroxyl groups excluding tert-OH is 1. The van der Waals surface area contributed by atoms with E-state index in [1.54, 1.807) is 0 Å². The minimum absolute atomic E-state index is 0.319. The van der Waals surface area contributed by atoms with Crippen LogP contribution >= 0.6 is 0 Å². The SMILES string of the molecule is C=CC(=O)O.C=CC(=O)O.C=CC(=O)O.CCC(C)(C)C.CCCO. The lowest BCUT2D eigenvalue weighted by Gasteiger charge is -2.12. The minimum Gasteiger partial charge on any atom is -0.478 e. The van der Waals surface area contributed by atoms with Crippen LogP contribution in [-0.4, -0.2) is 44.9 Å². The molecule has 0 atom stereocenters. The average Bonchev–Trinajstić information content (AvgIpc) is 2.55. The van der Waals surface area contributed by atoms with Gasteiger partial charge in [-0.15, -0.1) is 0 Å². The highest BCUT2D eigenvalue weighted by Crippen LogP contribution is 2.16. The number of carbonyl (C=O) groups is 3. The zero-order valence-electron chi connectivity index (χ0n) is 16.0. The Bertz CT molecular complexity index is 321. The van der Waals surface area contributed by atoms with Gasteiger partial charge in [-0.3, -0.25) is 0 Å². The van der Waals surface area contributed by atoms with Crippen molar-refractivity contribution in [3.63, 3.8) is 0 Å². The summed E-state index contributed by atoms with van der Waals surface area (Å²) in [5.41, 5.74) is 0.542. The Morgan fingerprint density at radius 1 is 0.800 bits per heavy atom. The Morgan fingerprint density at radius 3 is 0.920 bits per heavy atom. The van der Waals surface area contributed by atoms with Crippen LogP contribution in [0.25, 0.3) is 0 Å². The van der Waals surface area contributed by atoms with Gasteiger partial charge in [-0.2, -0.15) is 0 Å². The van der Waals surface area contributed by atoms with Gasteiger partial charge in [0.15, 0.2) is 0 Å². The van der Waals surface area contributed by atoms with Gasteiger partial charge in [0.2, 0.25) is 0 Å². The second kappa shape index (κ2) is 26.5. The number of carboxylic acid groups (broad SMARTS) is 3. The molecule has 0 aliphatic carbocycles. The Balaban J connectivity index is -0.0000000671. The van der Waals surface area contributed by atoms with Crippen LogP contribution in [0.15, 0.2) is 38.0 Å². The molecule has 0 radical (unpaired) electrons. The van der Waals surface area contributed by atoms with Crippen LogP contribution < -0.4 is 0 Å². The topological polar surface area (TPSA) is 132 Å². The molecular weight excluding hydrogens is 328 g/mol. The molecule has 0 aliphatic rings. The van der Waals surface area contributed by atoms with Crippen LogP contribution in [0.5, 0.6) is 0 Å². The Hall–Kier alpha value is -2.41. The van der Waals surface area contributed by atoms with Crippen LogP contribution in [0.4, 0.5) is 0 Å². The maximum Gasteiger partial charge on any atom is 0.327 e. The third-order valence-electron chi connectivity index (χ3n) is 1.81. The molecule has 25 heavy (non-hydrogen) atoms. The first kappa shape index (κ1) is 34.0. The molecule has 4 N–H and O–H groups in total. The Labute approximate surface area is 151 Å². The number of hydrogen-bond donors (Lipinski definition) is 4. The molecule has 0 unspecified atom stereocenters. The molecule has 0 spiro atoms. The van der Waals surface area contributed by atoms with Crippen molar-refractivity contribution in [1.82, 2.24) is 0 Å². The molecule has 0 heterocycles. The van der Waals surface area contributed by atoms with Gasteiger partial charge in [0.05, 0.1) is 0 Å². The fourth-order valence-electron chi connectivity index (χ4n) is 0. The van der Waals surface area contributed by atoms with Crippen LogP contribution in [0.3, 0.4) is 0 Å². The molecular formula is C18H34O7. The third kappa shape index (κ3) is 144. The molecule has 0 saturated heterocycles. The molecule has 7 heteroatoms. The molecule has 0 bridgehead atoms. The highest BCUT2D eigenvalue weighted by Gasteiger charge is 2.03. The molecule has 7 nitrogen and oxygen atoms in total. The largest absolute Gasteiger partial charge is 0.478 e. The maximum absolute atomic E-state index is 9.25. The molecule has 0 rings (SSSR count). The van der Waals surface area contributed by atoms with Crippen LogP contribution in [0, 0.1) is 5.41 Å². The summed E-state index contributed by atoms with van der Waals surface area (Å²) in [6.45, 7) is 20.1. The van der Waals surface area contributed by atoms with Gasteiger partial charge in [0, 0.05) is 24.8 Å². The molecule has 0 amide bonds. The first-order valence-corrected chi connectivity index (χ1v) is 7.46. The van der Waals surface area contributed by atoms with Crippen molar-refractivity contribution < 1.29 is 34.8 Å². The molecule has 0 fully saturated rings. The lowest BCUT2D eigenvalue weighted by atomic mass is 9.94. The third-order valence-corrected chi connectivity index (χ3v) is 1.81. The van der Waals surface area contributed by atoms with E-state index < -0.39 is 17.9 Å². The normalized spacial score (nSPS) is 7.92. The highest BCUT2D eigenvalue weighted by atomic mass is 16.4. The van der Waals surface area contributed by atoms with Crippen molar-refractivity contribution in [3.8, 4) is 0 Å². The van der Waals surface area contributed by atoms with Crippen molar-refractivity contribution in [2.24, 2.45) is 5.41 Å². The van der Waals surface area contributed by atoms with E-state index in [9.17, 15) is 14.4 Å². The van der Waals surface area contributed by atoms with E-state index in [2.05, 4.69) is 47.4 Å². The molecule has 148 valence electrons. The van der Waals surface area contributed by atoms with E-state index in [-0.39, 0.29) is 0 Å². The maximum atomic E-state index is 9.25. The molecule has 0 aromatic rings. The van der Waals surface area contributed by atoms with E-state index in [4.69, 9.17) is 20.4 Å². The zero-order chi connectivity index (χ0) is 21.5. The van der Waals surface area contributed by atoms with Crippen LogP contribution in [0.2, 0.25) is 0 Å². The van der Waals surface area contributed by atoms with Crippen molar-refractivity contribution in [2.75, 3.05) is 6.61 Å². The summed E-state index contributed by atoms with van der Waals surface area (Å²) in [6.07, 6.45) is 4.65. The fourth-order valence-corrected chi connectivity index (χ4v) is 0. The van der Waals surface area contributed by atoms with Crippen molar-refractivity contribution in [1.29, 1.82) is 0 Å². The molecule has 0 aliphatic heterocycles. The first-order chi connectivity index (χ1) is 11.3. The molecule has 0 aromatic carbocycles. The summed E-state index contributed by atoms with van der Waals surface area (Å²) in [7, 11) is 0. The van der Waals surface area contributed by atoms with Crippen molar-refractivity contribution >= 4 is 17.9 Å². The number of aliphatic hydroxyl groups is 1. The average molecular weight is 362 g/mol. The summed E-state index contributed by atoms with van der Waals surface area (Å²) in [4.78, 5) is 27.8. The predicted octanol–water partition coefficient (Wildman–Crippen LogP) is 3.60. The second-order valence-corrected chi connectivity index (χ2v) is 5.26. The quantitative estimate of drug-likeness (QED) is 0.562. The highest BCUT2D eigenvalue weighted by molar-refractivity contribution is 5.79. The molecule has 0 aromatic heterocycles. The number of hydrogen-bond acceptors (Lipinski definition) is 4. The van der Waals surface area contributed by atoms with Crippen LogP contribution in [-0.2, 0) is 14.4 Å². The lowest BCUT2D eigenvalue weighted by molar-refractivity contribution is -0.132. The zero-order valence-corrected chi connectivity index (χ0v) is 16.0. The van der Waals surface area contributed by atoms with E-state index in [1.807, 2.05) is 6.92 Å². The van der Waals surface area contributed by atoms with Gasteiger partial charge >= 0.3 is 17.9 Å². The first-order valence-electron chi connectivity index (χ1n) is 7.46. The number of carboxylic acids is 3. The summed E-state index contributed by atoms with van der Waals surface area (Å²) >= 11 is 0. The number of aliphatic carboxylic acids is 3. The predicted molar refractivity (Wildman–Crippen MR) is 101 cm³/mol. The van der Waals surface area contributed by atoms with Crippen LogP contribution in [0.1, 0.15) is 47.5 Å². The minimum atomic E-state index is -0.981. The van der Waals surface area contributed by atoms with Gasteiger partial charge in [-0.25, -0.2) is 14.4 Å². The van der Waals surface area contributed by atoms with E-state index in [0.717, 1.165) is 24.6 Å². The number of rotatable bonds is 4. The van der Waals surface area contributed by atoms with Gasteiger partial charge in [-0.1, -0.05) is 60.8 Å². The fraction of sp³-hybridized carbons (Fsp3) is 0.500. The lowest BCUT2D eigenvalue weighted by Crippen LogP contribution is -2.00. The standard InChI is InChI=1S/C6H14.3C3H4O2.C3H8O/c1-5-6(2,3)4;3*1-2-3(4)5;1-2-3-4/h5H2,1-4H3;3*2H,1H2,(H,4,5);4H,2-3H2,1H3. The second-order valence-electron chi connectivity index (χ2n) is 5.26. The summed E-state index contributed by atoms with van der Waals surface area (Å²) in [5.74, 6) is -2.94.